The van der Waals surface area contributed by atoms with Gasteiger partial charge < -0.3 is 5.32 Å². The van der Waals surface area contributed by atoms with Crippen LogP contribution in [0.4, 0.5) is 10.1 Å². The summed E-state index contributed by atoms with van der Waals surface area (Å²) in [6, 6.07) is 4.07. The molecular formula is C19H17BrFN3O2S. The number of anilines is 1. The number of carbonyl (C=O) groups excluding carboxylic acids is 1. The number of amides is 1. The van der Waals surface area contributed by atoms with Crippen molar-refractivity contribution in [1.82, 2.24) is 9.55 Å². The van der Waals surface area contributed by atoms with Gasteiger partial charge in [0.15, 0.2) is 0 Å². The molecule has 3 aromatic rings. The van der Waals surface area contributed by atoms with E-state index in [-0.39, 0.29) is 11.5 Å². The molecule has 1 aliphatic heterocycles. The maximum atomic E-state index is 13.2. The van der Waals surface area contributed by atoms with Gasteiger partial charge in [0.05, 0.1) is 16.0 Å². The van der Waals surface area contributed by atoms with Crippen LogP contribution < -0.4 is 10.9 Å². The van der Waals surface area contributed by atoms with Crippen LogP contribution in [0.5, 0.6) is 0 Å². The molecule has 27 heavy (non-hydrogen) atoms. The number of carbonyl (C=O) groups is 1. The standard InChI is InChI=1S/C19H17BrFN3O2S/c1-10-15-18(23-14-5-3-2-4-8-24(14)19(15)26)27-16(10)17(25)22-13-7-6-11(21)9-12(13)20/h6-7,9H,2-5,8H2,1H3,(H,22,25). The zero-order valence-electron chi connectivity index (χ0n) is 14.6. The average Bonchev–Trinajstić information content (AvgIpc) is 2.79. The summed E-state index contributed by atoms with van der Waals surface area (Å²) in [5.41, 5.74) is 1.05. The number of hydrogen-bond donors (Lipinski definition) is 1. The number of fused-ring (bicyclic) bond motifs is 2. The van der Waals surface area contributed by atoms with Crippen LogP contribution >= 0.6 is 27.3 Å². The van der Waals surface area contributed by atoms with E-state index < -0.39 is 5.82 Å². The van der Waals surface area contributed by atoms with Crippen molar-refractivity contribution < 1.29 is 9.18 Å². The lowest BCUT2D eigenvalue weighted by Crippen LogP contribution is -2.24. The Balaban J connectivity index is 1.76. The molecule has 0 spiro atoms. The Morgan fingerprint density at radius 3 is 2.93 bits per heavy atom. The second-order valence-electron chi connectivity index (χ2n) is 6.61. The lowest BCUT2D eigenvalue weighted by Gasteiger charge is -2.08. The zero-order valence-corrected chi connectivity index (χ0v) is 17.0. The summed E-state index contributed by atoms with van der Waals surface area (Å²) in [5.74, 6) is 0.0820. The highest BCUT2D eigenvalue weighted by atomic mass is 79.9. The Morgan fingerprint density at radius 1 is 1.33 bits per heavy atom. The number of halogens is 2. The van der Waals surface area contributed by atoms with Crippen LogP contribution in [0.25, 0.3) is 10.2 Å². The minimum Gasteiger partial charge on any atom is -0.320 e. The van der Waals surface area contributed by atoms with E-state index in [1.54, 1.807) is 11.5 Å². The van der Waals surface area contributed by atoms with Crippen molar-refractivity contribution in [2.45, 2.75) is 39.2 Å². The summed E-state index contributed by atoms with van der Waals surface area (Å²) in [7, 11) is 0. The lowest BCUT2D eigenvalue weighted by atomic mass is 10.2. The van der Waals surface area contributed by atoms with Gasteiger partial charge in [-0.1, -0.05) is 6.42 Å². The van der Waals surface area contributed by atoms with E-state index in [0.717, 1.165) is 31.5 Å². The number of hydrogen-bond acceptors (Lipinski definition) is 4. The van der Waals surface area contributed by atoms with Crippen LogP contribution in [0.15, 0.2) is 27.5 Å². The Kier molecular flexibility index (Phi) is 4.86. The first kappa shape index (κ1) is 18.3. The summed E-state index contributed by atoms with van der Waals surface area (Å²) >= 11 is 4.48. The van der Waals surface area contributed by atoms with E-state index >= 15 is 0 Å². The highest BCUT2D eigenvalue weighted by Crippen LogP contribution is 2.30. The molecule has 140 valence electrons. The minimum absolute atomic E-state index is 0.0623. The SMILES string of the molecule is Cc1c(C(=O)Nc2ccc(F)cc2Br)sc2nc3n(c(=O)c12)CCCCC3. The van der Waals surface area contributed by atoms with E-state index in [9.17, 15) is 14.0 Å². The topological polar surface area (TPSA) is 64.0 Å². The average molecular weight is 450 g/mol. The van der Waals surface area contributed by atoms with Crippen molar-refractivity contribution in [3.63, 3.8) is 0 Å². The van der Waals surface area contributed by atoms with Crippen LogP contribution in [-0.4, -0.2) is 15.5 Å². The largest absolute Gasteiger partial charge is 0.320 e. The molecule has 1 N–H and O–H groups in total. The van der Waals surface area contributed by atoms with Crippen LogP contribution in [0.2, 0.25) is 0 Å². The van der Waals surface area contributed by atoms with Crippen molar-refractivity contribution in [3.05, 3.63) is 55.1 Å². The lowest BCUT2D eigenvalue weighted by molar-refractivity contribution is 0.103. The minimum atomic E-state index is -0.392. The van der Waals surface area contributed by atoms with Gasteiger partial charge in [-0.15, -0.1) is 11.3 Å². The number of nitrogens with one attached hydrogen (secondary N) is 1. The quantitative estimate of drug-likeness (QED) is 0.619. The molecule has 0 radical (unpaired) electrons. The molecule has 5 nitrogen and oxygen atoms in total. The van der Waals surface area contributed by atoms with Crippen molar-refractivity contribution in [3.8, 4) is 0 Å². The number of aryl methyl sites for hydroxylation is 2. The molecule has 0 bridgehead atoms. The van der Waals surface area contributed by atoms with Crippen LogP contribution in [-0.2, 0) is 13.0 Å². The number of rotatable bonds is 2. The van der Waals surface area contributed by atoms with E-state index in [4.69, 9.17) is 0 Å². The first-order valence-corrected chi connectivity index (χ1v) is 10.4. The molecule has 1 aliphatic rings. The van der Waals surface area contributed by atoms with Gasteiger partial charge in [-0.3, -0.25) is 14.2 Å². The highest BCUT2D eigenvalue weighted by molar-refractivity contribution is 9.10. The van der Waals surface area contributed by atoms with Gasteiger partial charge in [-0.25, -0.2) is 9.37 Å². The Bertz CT molecular complexity index is 1120. The van der Waals surface area contributed by atoms with Gasteiger partial charge in [-0.2, -0.15) is 0 Å². The molecule has 1 aromatic carbocycles. The Morgan fingerprint density at radius 2 is 2.15 bits per heavy atom. The van der Waals surface area contributed by atoms with E-state index in [2.05, 4.69) is 26.2 Å². The molecule has 8 heteroatoms. The monoisotopic (exact) mass is 449 g/mol. The molecular weight excluding hydrogens is 433 g/mol. The van der Waals surface area contributed by atoms with Gasteiger partial charge in [0.2, 0.25) is 0 Å². The zero-order chi connectivity index (χ0) is 19.1. The maximum absolute atomic E-state index is 13.2. The molecule has 0 saturated heterocycles. The molecule has 0 atom stereocenters. The third-order valence-corrected chi connectivity index (χ3v) is 6.64. The van der Waals surface area contributed by atoms with E-state index in [1.807, 2.05) is 0 Å². The number of nitrogens with zero attached hydrogens (tertiary/aromatic N) is 2. The number of aromatic nitrogens is 2. The normalized spacial score (nSPS) is 14.0. The van der Waals surface area contributed by atoms with Crippen LogP contribution in [0.1, 0.15) is 40.3 Å². The fraction of sp³-hybridized carbons (Fsp3) is 0.316. The number of thiophene rings is 1. The Hall–Kier alpha value is -2.06. The second-order valence-corrected chi connectivity index (χ2v) is 8.46. The molecule has 1 amide bonds. The van der Waals surface area contributed by atoms with Gasteiger partial charge in [0.1, 0.15) is 16.5 Å². The first-order chi connectivity index (χ1) is 13.0. The summed E-state index contributed by atoms with van der Waals surface area (Å²) < 4.78 is 15.5. The summed E-state index contributed by atoms with van der Waals surface area (Å²) in [6.07, 6.45) is 3.87. The van der Waals surface area contributed by atoms with Gasteiger partial charge in [0.25, 0.3) is 11.5 Å². The third kappa shape index (κ3) is 3.32. The molecule has 0 saturated carbocycles. The van der Waals surface area contributed by atoms with Crippen LogP contribution in [0, 0.1) is 12.7 Å². The van der Waals surface area contributed by atoms with Crippen molar-refractivity contribution in [2.75, 3.05) is 5.32 Å². The molecule has 0 fully saturated rings. The van der Waals surface area contributed by atoms with Gasteiger partial charge >= 0.3 is 0 Å². The molecule has 0 unspecified atom stereocenters. The third-order valence-electron chi connectivity index (χ3n) is 4.80. The van der Waals surface area contributed by atoms with E-state index in [1.165, 1.54) is 29.5 Å². The first-order valence-electron chi connectivity index (χ1n) is 8.75. The molecule has 3 heterocycles. The molecule has 2 aromatic heterocycles. The highest BCUT2D eigenvalue weighted by Gasteiger charge is 2.22. The smallest absolute Gasteiger partial charge is 0.266 e. The predicted octanol–water partition coefficient (Wildman–Crippen LogP) is 4.65. The maximum Gasteiger partial charge on any atom is 0.266 e. The van der Waals surface area contributed by atoms with Gasteiger partial charge in [-0.05, 0) is 59.5 Å². The predicted molar refractivity (Wildman–Crippen MR) is 108 cm³/mol. The number of benzene rings is 1. The van der Waals surface area contributed by atoms with Crippen molar-refractivity contribution >= 4 is 49.1 Å². The molecule has 0 aliphatic carbocycles. The Labute approximate surface area is 167 Å². The van der Waals surface area contributed by atoms with E-state index in [0.29, 0.717) is 37.4 Å². The van der Waals surface area contributed by atoms with Crippen molar-refractivity contribution in [1.29, 1.82) is 0 Å². The summed E-state index contributed by atoms with van der Waals surface area (Å²) in [5, 5.41) is 3.30. The fourth-order valence-corrected chi connectivity index (χ4v) is 4.93. The van der Waals surface area contributed by atoms with Crippen molar-refractivity contribution in [2.24, 2.45) is 0 Å². The summed E-state index contributed by atoms with van der Waals surface area (Å²) in [4.78, 5) is 31.5. The second kappa shape index (κ2) is 7.16. The van der Waals surface area contributed by atoms with Gasteiger partial charge in [0, 0.05) is 17.4 Å². The van der Waals surface area contributed by atoms with Crippen LogP contribution in [0.3, 0.4) is 0 Å². The molecule has 4 rings (SSSR count). The summed E-state index contributed by atoms with van der Waals surface area (Å²) in [6.45, 7) is 2.45. The fourth-order valence-electron chi connectivity index (χ4n) is 3.40.